The van der Waals surface area contributed by atoms with Crippen molar-refractivity contribution >= 4 is 0 Å². The third-order valence-electron chi connectivity index (χ3n) is 3.93. The Morgan fingerprint density at radius 1 is 1.32 bits per heavy atom. The third kappa shape index (κ3) is 2.39. The minimum atomic E-state index is 0.485. The second kappa shape index (κ2) is 5.11. The summed E-state index contributed by atoms with van der Waals surface area (Å²) >= 11 is 0. The number of nitrogens with zero attached hydrogens (tertiary/aromatic N) is 4. The normalized spacial score (nSPS) is 23.9. The second-order valence-electron chi connectivity index (χ2n) is 5.23. The summed E-state index contributed by atoms with van der Waals surface area (Å²) in [4.78, 5) is 2.39. The highest BCUT2D eigenvalue weighted by molar-refractivity contribution is 5.35. The molecular weight excluding hydrogens is 238 g/mol. The van der Waals surface area contributed by atoms with E-state index in [1.165, 1.54) is 5.56 Å². The number of aromatic nitrogens is 3. The van der Waals surface area contributed by atoms with Crippen molar-refractivity contribution < 1.29 is 0 Å². The number of hydrogen-bond acceptors (Lipinski definition) is 4. The van der Waals surface area contributed by atoms with Gasteiger partial charge in [-0.2, -0.15) is 0 Å². The molecule has 3 rings (SSSR count). The van der Waals surface area contributed by atoms with Gasteiger partial charge >= 0.3 is 0 Å². The summed E-state index contributed by atoms with van der Waals surface area (Å²) < 4.78 is 1.77. The first-order valence-electron chi connectivity index (χ1n) is 6.65. The molecule has 0 aliphatic carbocycles. The van der Waals surface area contributed by atoms with E-state index in [2.05, 4.69) is 46.5 Å². The molecule has 100 valence electrons. The summed E-state index contributed by atoms with van der Waals surface area (Å²) in [6.07, 6.45) is 4.68. The molecule has 2 atom stereocenters. The molecule has 0 spiro atoms. The van der Waals surface area contributed by atoms with Crippen LogP contribution >= 0.6 is 0 Å². The molecule has 2 N–H and O–H groups in total. The lowest BCUT2D eigenvalue weighted by Crippen LogP contribution is -2.20. The molecule has 1 aromatic heterocycles. The Hall–Kier alpha value is -1.72. The first kappa shape index (κ1) is 12.3. The van der Waals surface area contributed by atoms with Gasteiger partial charge in [0.25, 0.3) is 0 Å². The average molecular weight is 257 g/mol. The molecule has 1 saturated heterocycles. The van der Waals surface area contributed by atoms with Crippen LogP contribution in [0.3, 0.4) is 0 Å². The molecule has 0 amide bonds. The second-order valence-corrected chi connectivity index (χ2v) is 5.23. The molecule has 1 fully saturated rings. The maximum Gasteiger partial charge on any atom is 0.0697 e. The monoisotopic (exact) mass is 257 g/mol. The molecule has 19 heavy (non-hydrogen) atoms. The van der Waals surface area contributed by atoms with Gasteiger partial charge < -0.3 is 5.73 Å². The minimum Gasteiger partial charge on any atom is -0.330 e. The van der Waals surface area contributed by atoms with Crippen LogP contribution in [0, 0.1) is 5.92 Å². The van der Waals surface area contributed by atoms with E-state index >= 15 is 0 Å². The third-order valence-corrected chi connectivity index (χ3v) is 3.93. The van der Waals surface area contributed by atoms with E-state index in [0.29, 0.717) is 12.0 Å². The summed E-state index contributed by atoms with van der Waals surface area (Å²) in [5, 5.41) is 7.82. The molecule has 0 radical (unpaired) electrons. The molecule has 1 aliphatic rings. The van der Waals surface area contributed by atoms with Gasteiger partial charge in [-0.05, 0) is 43.6 Å². The van der Waals surface area contributed by atoms with Crippen LogP contribution in [0.5, 0.6) is 0 Å². The van der Waals surface area contributed by atoms with Crippen LogP contribution in [-0.4, -0.2) is 40.0 Å². The largest absolute Gasteiger partial charge is 0.330 e. The average Bonchev–Trinajstić information content (AvgIpc) is 3.08. The highest BCUT2D eigenvalue weighted by Crippen LogP contribution is 2.33. The van der Waals surface area contributed by atoms with Crippen molar-refractivity contribution in [2.45, 2.75) is 12.5 Å². The van der Waals surface area contributed by atoms with E-state index < -0.39 is 0 Å². The van der Waals surface area contributed by atoms with Crippen molar-refractivity contribution in [3.8, 4) is 5.69 Å². The molecule has 1 aliphatic heterocycles. The van der Waals surface area contributed by atoms with Gasteiger partial charge in [-0.3, -0.25) is 4.90 Å². The van der Waals surface area contributed by atoms with Crippen LogP contribution in [0.25, 0.3) is 5.69 Å². The Morgan fingerprint density at radius 3 is 2.68 bits per heavy atom. The van der Waals surface area contributed by atoms with Gasteiger partial charge in [0.1, 0.15) is 0 Å². The smallest absolute Gasteiger partial charge is 0.0697 e. The van der Waals surface area contributed by atoms with Crippen molar-refractivity contribution in [3.63, 3.8) is 0 Å². The van der Waals surface area contributed by atoms with Crippen LogP contribution < -0.4 is 5.73 Å². The zero-order valence-electron chi connectivity index (χ0n) is 11.1. The first-order chi connectivity index (χ1) is 9.28. The van der Waals surface area contributed by atoms with Crippen LogP contribution in [0.1, 0.15) is 18.0 Å². The van der Waals surface area contributed by atoms with Crippen LogP contribution in [0.2, 0.25) is 0 Å². The van der Waals surface area contributed by atoms with E-state index in [0.717, 1.165) is 25.2 Å². The van der Waals surface area contributed by atoms with Gasteiger partial charge in [0.15, 0.2) is 0 Å². The van der Waals surface area contributed by atoms with Crippen molar-refractivity contribution in [2.24, 2.45) is 11.7 Å². The number of rotatable bonds is 3. The molecule has 0 bridgehead atoms. The highest BCUT2D eigenvalue weighted by Gasteiger charge is 2.29. The molecule has 5 nitrogen and oxygen atoms in total. The first-order valence-corrected chi connectivity index (χ1v) is 6.65. The van der Waals surface area contributed by atoms with Crippen molar-refractivity contribution in [1.82, 2.24) is 19.9 Å². The quantitative estimate of drug-likeness (QED) is 0.898. The van der Waals surface area contributed by atoms with E-state index in [9.17, 15) is 0 Å². The summed E-state index contributed by atoms with van der Waals surface area (Å²) in [5.74, 6) is 0.616. The van der Waals surface area contributed by atoms with Crippen LogP contribution in [0.15, 0.2) is 36.7 Å². The Morgan fingerprint density at radius 2 is 2.11 bits per heavy atom. The number of likely N-dealkylation sites (tertiary alicyclic amines) is 1. The Bertz CT molecular complexity index is 519. The number of nitrogens with two attached hydrogens (primary N) is 1. The van der Waals surface area contributed by atoms with Crippen LogP contribution in [-0.2, 0) is 0 Å². The summed E-state index contributed by atoms with van der Waals surface area (Å²) in [6.45, 7) is 1.86. The minimum absolute atomic E-state index is 0.485. The molecule has 0 saturated carbocycles. The van der Waals surface area contributed by atoms with Gasteiger partial charge in [-0.1, -0.05) is 17.3 Å². The van der Waals surface area contributed by atoms with Crippen molar-refractivity contribution in [2.75, 3.05) is 20.1 Å². The summed E-state index contributed by atoms with van der Waals surface area (Å²) in [6, 6.07) is 9.02. The highest BCUT2D eigenvalue weighted by atomic mass is 15.4. The van der Waals surface area contributed by atoms with Gasteiger partial charge in [0.05, 0.1) is 18.1 Å². The van der Waals surface area contributed by atoms with E-state index in [1.807, 2.05) is 6.20 Å². The lowest BCUT2D eigenvalue weighted by atomic mass is 10.00. The number of hydrogen-bond donors (Lipinski definition) is 1. The molecule has 2 aromatic rings. The Balaban J connectivity index is 1.79. The predicted octanol–water partition coefficient (Wildman–Crippen LogP) is 1.22. The lowest BCUT2D eigenvalue weighted by Gasteiger charge is -2.19. The van der Waals surface area contributed by atoms with Crippen LogP contribution in [0.4, 0.5) is 0 Å². The van der Waals surface area contributed by atoms with Crippen molar-refractivity contribution in [1.29, 1.82) is 0 Å². The van der Waals surface area contributed by atoms with Gasteiger partial charge in [0, 0.05) is 12.6 Å². The van der Waals surface area contributed by atoms with Gasteiger partial charge in [0.2, 0.25) is 0 Å². The summed E-state index contributed by atoms with van der Waals surface area (Å²) in [5.41, 5.74) is 8.17. The zero-order chi connectivity index (χ0) is 13.2. The fraction of sp³-hybridized carbons (Fsp3) is 0.429. The zero-order valence-corrected chi connectivity index (χ0v) is 11.1. The summed E-state index contributed by atoms with van der Waals surface area (Å²) in [7, 11) is 2.17. The Labute approximate surface area is 113 Å². The fourth-order valence-corrected chi connectivity index (χ4v) is 2.86. The molecule has 1 aromatic carbocycles. The van der Waals surface area contributed by atoms with E-state index in [4.69, 9.17) is 5.73 Å². The fourth-order valence-electron chi connectivity index (χ4n) is 2.86. The maximum absolute atomic E-state index is 5.78. The Kier molecular flexibility index (Phi) is 3.31. The maximum atomic E-state index is 5.78. The standard InChI is InChI=1S/C14H19N5/c1-18-10-11(9-15)8-14(18)12-2-4-13(5-3-12)19-7-6-16-17-19/h2-7,11,14H,8-10,15H2,1H3. The van der Waals surface area contributed by atoms with Gasteiger partial charge in [-0.25, -0.2) is 4.68 Å². The molecule has 2 unspecified atom stereocenters. The van der Waals surface area contributed by atoms with Gasteiger partial charge in [-0.15, -0.1) is 5.10 Å². The number of benzene rings is 1. The lowest BCUT2D eigenvalue weighted by molar-refractivity contribution is 0.313. The SMILES string of the molecule is CN1CC(CN)CC1c1ccc(-n2ccnn2)cc1. The molecular formula is C14H19N5. The predicted molar refractivity (Wildman–Crippen MR) is 73.9 cm³/mol. The molecule has 5 heteroatoms. The van der Waals surface area contributed by atoms with E-state index in [-0.39, 0.29) is 0 Å². The molecule has 2 heterocycles. The van der Waals surface area contributed by atoms with E-state index in [1.54, 1.807) is 10.9 Å². The topological polar surface area (TPSA) is 60.0 Å². The van der Waals surface area contributed by atoms with Crippen molar-refractivity contribution in [3.05, 3.63) is 42.2 Å².